The van der Waals surface area contributed by atoms with Crippen molar-refractivity contribution < 1.29 is 9.53 Å². The summed E-state index contributed by atoms with van der Waals surface area (Å²) in [6.07, 6.45) is 4.83. The van der Waals surface area contributed by atoms with Gasteiger partial charge in [0, 0.05) is 44.9 Å². The van der Waals surface area contributed by atoms with Gasteiger partial charge in [-0.2, -0.15) is 0 Å². The molecule has 1 aromatic heterocycles. The first kappa shape index (κ1) is 19.3. The van der Waals surface area contributed by atoms with E-state index in [1.54, 1.807) is 0 Å². The Kier molecular flexibility index (Phi) is 6.74. The molecule has 1 aromatic carbocycles. The highest BCUT2D eigenvalue weighted by Crippen LogP contribution is 2.19. The molecular formula is C21H30N4O2. The molecule has 6 heteroatoms. The molecule has 0 atom stereocenters. The number of nitrogens with zero attached hydrogens (tertiary/aromatic N) is 3. The van der Waals surface area contributed by atoms with Crippen molar-refractivity contribution in [2.45, 2.75) is 32.7 Å². The molecule has 0 spiro atoms. The summed E-state index contributed by atoms with van der Waals surface area (Å²) < 4.78 is 7.44. The minimum atomic E-state index is -0.0564. The van der Waals surface area contributed by atoms with Gasteiger partial charge >= 0.3 is 5.97 Å². The Morgan fingerprint density at radius 3 is 2.78 bits per heavy atom. The van der Waals surface area contributed by atoms with Crippen molar-refractivity contribution in [2.24, 2.45) is 10.9 Å². The van der Waals surface area contributed by atoms with Crippen LogP contribution in [0.25, 0.3) is 10.9 Å². The van der Waals surface area contributed by atoms with Gasteiger partial charge in [0.25, 0.3) is 0 Å². The number of ether oxygens (including phenoxy) is 1. The first-order valence-corrected chi connectivity index (χ1v) is 9.89. The number of rotatable bonds is 6. The summed E-state index contributed by atoms with van der Waals surface area (Å²) >= 11 is 0. The van der Waals surface area contributed by atoms with Gasteiger partial charge in [0.2, 0.25) is 0 Å². The SMILES string of the molecule is CCOC(=O)C1CCN(C(=NC)NCCCn2ccc3ccccc32)CC1. The van der Waals surface area contributed by atoms with E-state index in [0.717, 1.165) is 51.4 Å². The minimum absolute atomic E-state index is 0.0290. The molecule has 0 saturated carbocycles. The normalized spacial score (nSPS) is 15.9. The van der Waals surface area contributed by atoms with Gasteiger partial charge in [0.15, 0.2) is 5.96 Å². The van der Waals surface area contributed by atoms with Crippen molar-refractivity contribution in [3.05, 3.63) is 36.5 Å². The van der Waals surface area contributed by atoms with Crippen molar-refractivity contribution in [3.63, 3.8) is 0 Å². The quantitative estimate of drug-likeness (QED) is 0.368. The second kappa shape index (κ2) is 9.44. The predicted octanol–water partition coefficient (Wildman–Crippen LogP) is 2.88. The number of aromatic nitrogens is 1. The van der Waals surface area contributed by atoms with Crippen LogP contribution in [0.15, 0.2) is 41.5 Å². The van der Waals surface area contributed by atoms with Gasteiger partial charge in [-0.1, -0.05) is 18.2 Å². The molecule has 3 rings (SSSR count). The first-order chi connectivity index (χ1) is 13.2. The van der Waals surface area contributed by atoms with Crippen molar-refractivity contribution in [1.82, 2.24) is 14.8 Å². The van der Waals surface area contributed by atoms with Gasteiger partial charge in [0.1, 0.15) is 0 Å². The Balaban J connectivity index is 1.43. The standard InChI is InChI=1S/C21H30N4O2/c1-3-27-20(26)18-10-15-25(16-11-18)21(22-2)23-12-6-13-24-14-9-17-7-4-5-8-19(17)24/h4-5,7-9,14,18H,3,6,10-13,15-16H2,1-2H3,(H,22,23). The number of aliphatic imine (C=N–C) groups is 1. The average molecular weight is 370 g/mol. The number of esters is 1. The van der Waals surface area contributed by atoms with E-state index < -0.39 is 0 Å². The number of benzene rings is 1. The van der Waals surface area contributed by atoms with E-state index in [2.05, 4.69) is 56.3 Å². The lowest BCUT2D eigenvalue weighted by molar-refractivity contribution is -0.149. The Hall–Kier alpha value is -2.50. The molecule has 0 aliphatic carbocycles. The van der Waals surface area contributed by atoms with Gasteiger partial charge in [-0.3, -0.25) is 9.79 Å². The number of piperidine rings is 1. The molecule has 1 saturated heterocycles. The largest absolute Gasteiger partial charge is 0.466 e. The van der Waals surface area contributed by atoms with Crippen molar-refractivity contribution in [1.29, 1.82) is 0 Å². The van der Waals surface area contributed by atoms with Crippen LogP contribution in [0.3, 0.4) is 0 Å². The highest BCUT2D eigenvalue weighted by atomic mass is 16.5. The van der Waals surface area contributed by atoms with Gasteiger partial charge in [-0.05, 0) is 43.7 Å². The summed E-state index contributed by atoms with van der Waals surface area (Å²) in [7, 11) is 1.82. The Morgan fingerprint density at radius 1 is 1.26 bits per heavy atom. The molecule has 2 heterocycles. The van der Waals surface area contributed by atoms with Crippen LogP contribution in [-0.4, -0.2) is 54.7 Å². The molecule has 0 unspecified atom stereocenters. The zero-order valence-corrected chi connectivity index (χ0v) is 16.4. The van der Waals surface area contributed by atoms with Gasteiger partial charge in [-0.15, -0.1) is 0 Å². The maximum Gasteiger partial charge on any atom is 0.309 e. The van der Waals surface area contributed by atoms with E-state index in [1.807, 2.05) is 14.0 Å². The van der Waals surface area contributed by atoms with E-state index >= 15 is 0 Å². The second-order valence-corrected chi connectivity index (χ2v) is 6.91. The lowest BCUT2D eigenvalue weighted by atomic mass is 9.97. The lowest BCUT2D eigenvalue weighted by Crippen LogP contribution is -2.47. The fourth-order valence-electron chi connectivity index (χ4n) is 3.70. The summed E-state index contributed by atoms with van der Waals surface area (Å²) in [6.45, 7) is 5.84. The Bertz CT molecular complexity index is 775. The van der Waals surface area contributed by atoms with Crippen LogP contribution in [0, 0.1) is 5.92 Å². The first-order valence-electron chi connectivity index (χ1n) is 9.89. The monoisotopic (exact) mass is 370 g/mol. The predicted molar refractivity (Wildman–Crippen MR) is 109 cm³/mol. The Labute approximate surface area is 161 Å². The summed E-state index contributed by atoms with van der Waals surface area (Å²) in [5.41, 5.74) is 1.28. The van der Waals surface area contributed by atoms with Gasteiger partial charge < -0.3 is 19.5 Å². The zero-order valence-electron chi connectivity index (χ0n) is 16.4. The van der Waals surface area contributed by atoms with Crippen LogP contribution in [0.2, 0.25) is 0 Å². The van der Waals surface area contributed by atoms with Crippen molar-refractivity contribution in [3.8, 4) is 0 Å². The summed E-state index contributed by atoms with van der Waals surface area (Å²) in [4.78, 5) is 18.5. The average Bonchev–Trinajstić information content (AvgIpc) is 3.12. The maximum atomic E-state index is 11.9. The number of nitrogens with one attached hydrogen (secondary N) is 1. The number of hydrogen-bond acceptors (Lipinski definition) is 3. The number of fused-ring (bicyclic) bond motifs is 1. The molecule has 2 aromatic rings. The van der Waals surface area contributed by atoms with E-state index in [1.165, 1.54) is 10.9 Å². The third-order valence-electron chi connectivity index (χ3n) is 5.17. The third kappa shape index (κ3) is 4.81. The highest BCUT2D eigenvalue weighted by Gasteiger charge is 2.27. The molecule has 1 aliphatic heterocycles. The Morgan fingerprint density at radius 2 is 2.04 bits per heavy atom. The number of guanidine groups is 1. The van der Waals surface area contributed by atoms with E-state index in [4.69, 9.17) is 4.74 Å². The molecule has 0 amide bonds. The van der Waals surface area contributed by atoms with Crippen LogP contribution < -0.4 is 5.32 Å². The second-order valence-electron chi connectivity index (χ2n) is 6.91. The zero-order chi connectivity index (χ0) is 19.1. The number of hydrogen-bond donors (Lipinski definition) is 1. The molecule has 1 N–H and O–H groups in total. The van der Waals surface area contributed by atoms with E-state index in [9.17, 15) is 4.79 Å². The van der Waals surface area contributed by atoms with Crippen LogP contribution in [0.1, 0.15) is 26.2 Å². The van der Waals surface area contributed by atoms with Gasteiger partial charge in [0.05, 0.1) is 12.5 Å². The van der Waals surface area contributed by atoms with Crippen LogP contribution >= 0.6 is 0 Å². The molecule has 146 valence electrons. The number of carbonyl (C=O) groups excluding carboxylic acids is 1. The molecule has 1 aliphatic rings. The topological polar surface area (TPSA) is 58.9 Å². The molecule has 1 fully saturated rings. The molecule has 0 bridgehead atoms. The van der Waals surface area contributed by atoms with Crippen molar-refractivity contribution in [2.75, 3.05) is 33.3 Å². The fourth-order valence-corrected chi connectivity index (χ4v) is 3.70. The van der Waals surface area contributed by atoms with Crippen LogP contribution in [0.5, 0.6) is 0 Å². The molecular weight excluding hydrogens is 340 g/mol. The smallest absolute Gasteiger partial charge is 0.309 e. The maximum absolute atomic E-state index is 11.9. The molecule has 6 nitrogen and oxygen atoms in total. The number of likely N-dealkylation sites (tertiary alicyclic amines) is 1. The number of aryl methyl sites for hydroxylation is 1. The number of para-hydroxylation sites is 1. The summed E-state index contributed by atoms with van der Waals surface area (Å²) in [5, 5.41) is 4.75. The van der Waals surface area contributed by atoms with E-state index in [0.29, 0.717) is 6.61 Å². The molecule has 0 radical (unpaired) electrons. The number of carbonyl (C=O) groups is 1. The van der Waals surface area contributed by atoms with Crippen LogP contribution in [-0.2, 0) is 16.1 Å². The van der Waals surface area contributed by atoms with Crippen LogP contribution in [0.4, 0.5) is 0 Å². The van der Waals surface area contributed by atoms with Crippen molar-refractivity contribution >= 4 is 22.8 Å². The highest BCUT2D eigenvalue weighted by molar-refractivity contribution is 5.81. The summed E-state index contributed by atoms with van der Waals surface area (Å²) in [6, 6.07) is 10.6. The van der Waals surface area contributed by atoms with Gasteiger partial charge in [-0.25, -0.2) is 0 Å². The minimum Gasteiger partial charge on any atom is -0.466 e. The summed E-state index contributed by atoms with van der Waals surface area (Å²) in [5.74, 6) is 0.898. The molecule has 27 heavy (non-hydrogen) atoms. The third-order valence-corrected chi connectivity index (χ3v) is 5.17. The fraction of sp³-hybridized carbons (Fsp3) is 0.524. The lowest BCUT2D eigenvalue weighted by Gasteiger charge is -2.33. The van der Waals surface area contributed by atoms with E-state index in [-0.39, 0.29) is 11.9 Å².